The molecule has 1 fully saturated rings. The quantitative estimate of drug-likeness (QED) is 0.792. The largest absolute Gasteiger partial charge is 0.368 e. The molecule has 1 heterocycles. The highest BCUT2D eigenvalue weighted by molar-refractivity contribution is 7.85. The van der Waals surface area contributed by atoms with Gasteiger partial charge < -0.3 is 4.74 Å². The van der Waals surface area contributed by atoms with Crippen molar-refractivity contribution >= 4 is 10.8 Å². The maximum atomic E-state index is 12.4. The van der Waals surface area contributed by atoms with Gasteiger partial charge in [-0.05, 0) is 36.7 Å². The number of rotatable bonds is 3. The van der Waals surface area contributed by atoms with Crippen molar-refractivity contribution < 1.29 is 10.3 Å². The molecule has 1 aliphatic rings. The van der Waals surface area contributed by atoms with E-state index in [2.05, 4.69) is 0 Å². The molecule has 1 aliphatic heterocycles. The van der Waals surface area contributed by atoms with Gasteiger partial charge in [-0.1, -0.05) is 29.8 Å². The predicted octanol–water partition coefficient (Wildman–Crippen LogP) is 3.23. The second kappa shape index (κ2) is 4.67. The van der Waals surface area contributed by atoms with Gasteiger partial charge in [0.05, 0.1) is 18.8 Å². The molecule has 1 saturated heterocycles. The Hall–Kier alpha value is -1.45. The highest BCUT2D eigenvalue weighted by Crippen LogP contribution is 2.30. The van der Waals surface area contributed by atoms with E-state index < -0.39 is 10.8 Å². The summed E-state index contributed by atoms with van der Waals surface area (Å²) in [7, 11) is -1.30. The minimum Gasteiger partial charge on any atom is -0.368 e. The van der Waals surface area contributed by atoms with Gasteiger partial charge in [-0.25, -0.2) is 4.21 Å². The maximum Gasteiger partial charge on any atom is 0.106 e. The molecule has 2 aromatic carbocycles. The van der Waals surface area contributed by atoms with Crippen LogP contribution >= 0.6 is 0 Å². The number of benzene rings is 2. The van der Waals surface area contributed by atoms with E-state index in [9.17, 15) is 4.21 Å². The summed E-state index contributed by atoms with van der Waals surface area (Å²) in [5, 5.41) is 0. The van der Waals surface area contributed by atoms with Crippen LogP contribution in [0.25, 0.3) is 0 Å². The molecule has 1 unspecified atom stereocenters. The summed E-state index contributed by atoms with van der Waals surface area (Å²) >= 11 is 0. The number of hydrogen-bond acceptors (Lipinski definition) is 2. The van der Waals surface area contributed by atoms with Crippen LogP contribution < -0.4 is 0 Å². The molecule has 0 N–H and O–H groups in total. The predicted molar refractivity (Wildman–Crippen MR) is 71.0 cm³/mol. The lowest BCUT2D eigenvalue weighted by Crippen LogP contribution is -1.93. The van der Waals surface area contributed by atoms with Gasteiger partial charge in [0, 0.05) is 9.79 Å². The fourth-order valence-electron chi connectivity index (χ4n) is 1.77. The molecular formula is C15H14O2S. The van der Waals surface area contributed by atoms with Gasteiger partial charge >= 0.3 is 0 Å². The van der Waals surface area contributed by atoms with Gasteiger partial charge in [0.25, 0.3) is 0 Å². The summed E-state index contributed by atoms with van der Waals surface area (Å²) in [6.45, 7) is 2.72. The molecule has 3 heteroatoms. The fourth-order valence-corrected chi connectivity index (χ4v) is 2.76. The number of epoxide rings is 1. The van der Waals surface area contributed by atoms with E-state index in [-0.39, 0.29) is 6.10 Å². The molecule has 2 aromatic rings. The van der Waals surface area contributed by atoms with Crippen molar-refractivity contribution in [2.24, 2.45) is 0 Å². The smallest absolute Gasteiger partial charge is 0.106 e. The SMILES string of the molecule is [2H]c1cc([C@@H]2CO2)ccc1S(=O)c1ccc(C)cc1. The van der Waals surface area contributed by atoms with Crippen LogP contribution in [0.5, 0.6) is 0 Å². The Bertz CT molecular complexity index is 633. The molecule has 0 aromatic heterocycles. The van der Waals surface area contributed by atoms with Crippen LogP contribution in [0.4, 0.5) is 0 Å². The summed E-state index contributed by atoms with van der Waals surface area (Å²) in [4.78, 5) is 1.28. The molecular weight excluding hydrogens is 244 g/mol. The van der Waals surface area contributed by atoms with Crippen LogP contribution in [0.3, 0.4) is 0 Å². The van der Waals surface area contributed by atoms with E-state index >= 15 is 0 Å². The van der Waals surface area contributed by atoms with Crippen molar-refractivity contribution in [1.29, 1.82) is 0 Å². The zero-order chi connectivity index (χ0) is 13.4. The Morgan fingerprint density at radius 3 is 2.44 bits per heavy atom. The molecule has 0 aliphatic carbocycles. The van der Waals surface area contributed by atoms with Crippen LogP contribution in [0.2, 0.25) is 0 Å². The summed E-state index contributed by atoms with van der Waals surface area (Å²) in [6.07, 6.45) is 0.131. The first-order valence-corrected chi connectivity index (χ1v) is 7.01. The van der Waals surface area contributed by atoms with Gasteiger partial charge in [-0.2, -0.15) is 0 Å². The molecule has 92 valence electrons. The molecule has 0 bridgehead atoms. The van der Waals surface area contributed by atoms with Gasteiger partial charge in [0.15, 0.2) is 0 Å². The van der Waals surface area contributed by atoms with Gasteiger partial charge in [0.2, 0.25) is 0 Å². The highest BCUT2D eigenvalue weighted by atomic mass is 32.2. The second-order valence-corrected chi connectivity index (χ2v) is 5.84. The molecule has 0 saturated carbocycles. The van der Waals surface area contributed by atoms with Crippen molar-refractivity contribution in [3.05, 3.63) is 59.6 Å². The third kappa shape index (κ3) is 2.37. The van der Waals surface area contributed by atoms with Crippen molar-refractivity contribution in [3.63, 3.8) is 0 Å². The van der Waals surface area contributed by atoms with Crippen molar-refractivity contribution in [1.82, 2.24) is 0 Å². The third-order valence-corrected chi connectivity index (χ3v) is 4.30. The molecule has 0 spiro atoms. The van der Waals surface area contributed by atoms with Crippen LogP contribution in [0.15, 0.2) is 58.3 Å². The van der Waals surface area contributed by atoms with Crippen molar-refractivity contribution in [3.8, 4) is 0 Å². The molecule has 0 radical (unpaired) electrons. The van der Waals surface area contributed by atoms with E-state index in [0.29, 0.717) is 10.9 Å². The van der Waals surface area contributed by atoms with Gasteiger partial charge in [0.1, 0.15) is 6.10 Å². The average Bonchev–Trinajstić information content (AvgIpc) is 3.23. The number of hydrogen-bond donors (Lipinski definition) is 0. The topological polar surface area (TPSA) is 29.6 Å². The normalized spacial score (nSPS) is 20.3. The van der Waals surface area contributed by atoms with Crippen LogP contribution in [0, 0.1) is 6.92 Å². The third-order valence-electron chi connectivity index (χ3n) is 2.95. The Morgan fingerprint density at radius 2 is 1.83 bits per heavy atom. The van der Waals surface area contributed by atoms with Crippen molar-refractivity contribution in [2.45, 2.75) is 22.8 Å². The minimum absolute atomic E-state index is 0.131. The summed E-state index contributed by atoms with van der Waals surface area (Å²) in [6, 6.07) is 13.3. The van der Waals surface area contributed by atoms with E-state index in [0.717, 1.165) is 22.6 Å². The van der Waals surface area contributed by atoms with Crippen LogP contribution in [0.1, 0.15) is 18.6 Å². The molecule has 0 amide bonds. The summed E-state index contributed by atoms with van der Waals surface area (Å²) in [5.74, 6) is 0. The lowest BCUT2D eigenvalue weighted by molar-refractivity contribution is 0.415. The van der Waals surface area contributed by atoms with Crippen molar-refractivity contribution in [2.75, 3.05) is 6.61 Å². The molecule has 2 atom stereocenters. The lowest BCUT2D eigenvalue weighted by Gasteiger charge is -2.04. The maximum absolute atomic E-state index is 12.4. The van der Waals surface area contributed by atoms with E-state index in [1.54, 1.807) is 12.1 Å². The summed E-state index contributed by atoms with van der Waals surface area (Å²) < 4.78 is 25.6. The zero-order valence-electron chi connectivity index (χ0n) is 11.1. The monoisotopic (exact) mass is 259 g/mol. The first kappa shape index (κ1) is 10.5. The Kier molecular flexibility index (Phi) is 2.72. The first-order chi connectivity index (χ1) is 9.15. The molecule has 3 rings (SSSR count). The van der Waals surface area contributed by atoms with Gasteiger partial charge in [-0.15, -0.1) is 0 Å². The summed E-state index contributed by atoms with van der Waals surface area (Å²) in [5.41, 5.74) is 2.13. The standard InChI is InChI=1S/C15H14O2S/c1-11-2-6-13(7-3-11)18(16)14-8-4-12(5-9-14)15-10-17-15/h2-9,15H,10H2,1H3/t15-,18?/m0/s1/i8D. The number of aryl methyl sites for hydroxylation is 1. The molecule has 2 nitrogen and oxygen atoms in total. The number of ether oxygens (including phenoxy) is 1. The highest BCUT2D eigenvalue weighted by Gasteiger charge is 2.24. The van der Waals surface area contributed by atoms with E-state index in [1.807, 2.05) is 37.3 Å². The van der Waals surface area contributed by atoms with Crippen LogP contribution in [-0.2, 0) is 15.5 Å². The average molecular weight is 259 g/mol. The van der Waals surface area contributed by atoms with E-state index in [4.69, 9.17) is 6.11 Å². The minimum atomic E-state index is -1.30. The first-order valence-electron chi connectivity index (χ1n) is 6.36. The second-order valence-electron chi connectivity index (χ2n) is 4.39. The lowest BCUT2D eigenvalue weighted by atomic mass is 10.2. The Morgan fingerprint density at radius 1 is 1.17 bits per heavy atom. The Balaban J connectivity index is 1.92. The van der Waals surface area contributed by atoms with Crippen LogP contribution in [-0.4, -0.2) is 10.8 Å². The van der Waals surface area contributed by atoms with E-state index in [1.165, 1.54) is 0 Å². The zero-order valence-corrected chi connectivity index (χ0v) is 10.9. The molecule has 18 heavy (non-hydrogen) atoms. The Labute approximate surface area is 110 Å². The van der Waals surface area contributed by atoms with Gasteiger partial charge in [-0.3, -0.25) is 0 Å². The fraction of sp³-hybridized carbons (Fsp3) is 0.200.